The molecular formula is C17H17N3O6. The number of aromatic nitrogens is 1. The summed E-state index contributed by atoms with van der Waals surface area (Å²) in [6, 6.07) is 10.6. The third-order valence-electron chi connectivity index (χ3n) is 3.51. The Kier molecular flexibility index (Phi) is 6.60. The second-order valence-electron chi connectivity index (χ2n) is 5.40. The van der Waals surface area contributed by atoms with Crippen LogP contribution in [0.5, 0.6) is 0 Å². The Balaban J connectivity index is 1.84. The number of rotatable bonds is 8. The van der Waals surface area contributed by atoms with E-state index in [9.17, 15) is 24.8 Å². The second-order valence-corrected chi connectivity index (χ2v) is 5.40. The van der Waals surface area contributed by atoms with E-state index in [1.54, 1.807) is 24.3 Å². The molecule has 0 saturated carbocycles. The van der Waals surface area contributed by atoms with Crippen molar-refractivity contribution in [2.45, 2.75) is 25.5 Å². The number of aryl methyl sites for hydroxylation is 1. The number of nitrogens with one attached hydrogen (secondary N) is 1. The Morgan fingerprint density at radius 1 is 1.23 bits per heavy atom. The number of alkyl carbamates (subject to hydrolysis) is 1. The number of hydrogen-bond donors (Lipinski definition) is 2. The lowest BCUT2D eigenvalue weighted by Crippen LogP contribution is -2.41. The number of carboxylic acid groups (broad SMARTS) is 1. The van der Waals surface area contributed by atoms with Crippen LogP contribution < -0.4 is 5.32 Å². The number of benzene rings is 1. The maximum atomic E-state index is 11.8. The van der Waals surface area contributed by atoms with Gasteiger partial charge in [0.05, 0.1) is 4.92 Å². The van der Waals surface area contributed by atoms with E-state index in [-0.39, 0.29) is 25.1 Å². The minimum atomic E-state index is -1.21. The summed E-state index contributed by atoms with van der Waals surface area (Å²) in [5, 5.41) is 22.1. The van der Waals surface area contributed by atoms with Crippen LogP contribution in [-0.4, -0.2) is 33.1 Å². The van der Waals surface area contributed by atoms with Crippen LogP contribution in [-0.2, 0) is 22.6 Å². The highest BCUT2D eigenvalue weighted by Crippen LogP contribution is 2.11. The maximum Gasteiger partial charge on any atom is 0.408 e. The highest BCUT2D eigenvalue weighted by molar-refractivity contribution is 5.79. The van der Waals surface area contributed by atoms with E-state index >= 15 is 0 Å². The largest absolute Gasteiger partial charge is 0.480 e. The first kappa shape index (κ1) is 18.8. The normalized spacial score (nSPS) is 11.4. The molecule has 1 heterocycles. The van der Waals surface area contributed by atoms with Gasteiger partial charge in [0, 0.05) is 11.8 Å². The fourth-order valence-corrected chi connectivity index (χ4v) is 2.13. The molecule has 1 amide bonds. The van der Waals surface area contributed by atoms with Gasteiger partial charge in [0.15, 0.2) is 0 Å². The summed E-state index contributed by atoms with van der Waals surface area (Å²) in [5.41, 5.74) is 1.12. The Bertz CT molecular complexity index is 764. The van der Waals surface area contributed by atoms with E-state index in [2.05, 4.69) is 10.3 Å². The topological polar surface area (TPSA) is 132 Å². The minimum absolute atomic E-state index is 0.0307. The molecule has 2 aromatic rings. The van der Waals surface area contributed by atoms with Crippen molar-refractivity contribution in [3.8, 4) is 0 Å². The summed E-state index contributed by atoms with van der Waals surface area (Å²) in [4.78, 5) is 37.0. The molecule has 136 valence electrons. The molecule has 0 radical (unpaired) electrons. The van der Waals surface area contributed by atoms with Crippen molar-refractivity contribution in [1.29, 1.82) is 0 Å². The van der Waals surface area contributed by atoms with Crippen LogP contribution in [0.25, 0.3) is 0 Å². The standard InChI is InChI=1S/C17H17N3O6/c21-16(22)15(9-7-13-6-8-14(10-18-13)20(24)25)19-17(23)26-11-12-4-2-1-3-5-12/h1-6,8,10,15H,7,9,11H2,(H,19,23)(H,21,22)/t15-/m0/s1. The minimum Gasteiger partial charge on any atom is -0.480 e. The fourth-order valence-electron chi connectivity index (χ4n) is 2.13. The lowest BCUT2D eigenvalue weighted by Gasteiger charge is -2.14. The number of ether oxygens (including phenoxy) is 1. The number of hydrogen-bond acceptors (Lipinski definition) is 6. The first-order chi connectivity index (χ1) is 12.5. The molecule has 0 bridgehead atoms. The highest BCUT2D eigenvalue weighted by atomic mass is 16.6. The molecule has 0 unspecified atom stereocenters. The van der Waals surface area contributed by atoms with Crippen molar-refractivity contribution >= 4 is 17.7 Å². The van der Waals surface area contributed by atoms with Gasteiger partial charge in [-0.3, -0.25) is 15.1 Å². The number of aliphatic carboxylic acids is 1. The lowest BCUT2D eigenvalue weighted by molar-refractivity contribution is -0.385. The average molecular weight is 359 g/mol. The van der Waals surface area contributed by atoms with E-state index in [4.69, 9.17) is 4.74 Å². The monoisotopic (exact) mass is 359 g/mol. The summed E-state index contributed by atoms with van der Waals surface area (Å²) in [5.74, 6) is -1.21. The van der Waals surface area contributed by atoms with Crippen molar-refractivity contribution < 1.29 is 24.4 Å². The molecule has 1 atom stereocenters. The summed E-state index contributed by atoms with van der Waals surface area (Å²) < 4.78 is 5.00. The van der Waals surface area contributed by atoms with Gasteiger partial charge in [-0.1, -0.05) is 30.3 Å². The molecule has 0 aliphatic rings. The molecule has 1 aromatic carbocycles. The van der Waals surface area contributed by atoms with Crippen molar-refractivity contribution in [3.05, 3.63) is 70.0 Å². The quantitative estimate of drug-likeness (QED) is 0.546. The fraction of sp³-hybridized carbons (Fsp3) is 0.235. The highest BCUT2D eigenvalue weighted by Gasteiger charge is 2.21. The Morgan fingerprint density at radius 2 is 1.96 bits per heavy atom. The number of carboxylic acids is 1. The van der Waals surface area contributed by atoms with Gasteiger partial charge in [0.1, 0.15) is 18.8 Å². The summed E-state index contributed by atoms with van der Waals surface area (Å²) in [6.45, 7) is 0.0307. The van der Waals surface area contributed by atoms with Crippen LogP contribution in [0.1, 0.15) is 17.7 Å². The van der Waals surface area contributed by atoms with Crippen molar-refractivity contribution in [3.63, 3.8) is 0 Å². The predicted molar refractivity (Wildman–Crippen MR) is 90.4 cm³/mol. The van der Waals surface area contributed by atoms with E-state index in [0.29, 0.717) is 5.69 Å². The third-order valence-corrected chi connectivity index (χ3v) is 3.51. The Hall–Kier alpha value is -3.49. The van der Waals surface area contributed by atoms with Crippen LogP contribution in [0, 0.1) is 10.1 Å². The molecule has 0 aliphatic carbocycles. The van der Waals surface area contributed by atoms with E-state index in [0.717, 1.165) is 11.8 Å². The molecule has 0 aliphatic heterocycles. The SMILES string of the molecule is O=C(N[C@@H](CCc1ccc([N+](=O)[O-])cn1)C(=O)O)OCc1ccccc1. The first-order valence-corrected chi connectivity index (χ1v) is 7.75. The van der Waals surface area contributed by atoms with Crippen LogP contribution in [0.3, 0.4) is 0 Å². The van der Waals surface area contributed by atoms with Crippen molar-refractivity contribution in [1.82, 2.24) is 10.3 Å². The molecule has 2 rings (SSSR count). The molecule has 9 nitrogen and oxygen atoms in total. The average Bonchev–Trinajstić information content (AvgIpc) is 2.64. The number of nitrogens with zero attached hydrogens (tertiary/aromatic N) is 2. The first-order valence-electron chi connectivity index (χ1n) is 7.75. The summed E-state index contributed by atoms with van der Waals surface area (Å²) in [6.07, 6.45) is 0.569. The van der Waals surface area contributed by atoms with Gasteiger partial charge in [0.25, 0.3) is 5.69 Å². The maximum absolute atomic E-state index is 11.8. The predicted octanol–water partition coefficient (Wildman–Crippen LogP) is 2.30. The molecular weight excluding hydrogens is 342 g/mol. The van der Waals surface area contributed by atoms with Gasteiger partial charge in [-0.25, -0.2) is 9.59 Å². The van der Waals surface area contributed by atoms with Crippen molar-refractivity contribution in [2.24, 2.45) is 0 Å². The van der Waals surface area contributed by atoms with Gasteiger partial charge in [0.2, 0.25) is 0 Å². The zero-order valence-electron chi connectivity index (χ0n) is 13.7. The van der Waals surface area contributed by atoms with Crippen LogP contribution in [0.2, 0.25) is 0 Å². The lowest BCUT2D eigenvalue weighted by atomic mass is 10.1. The third kappa shape index (κ3) is 5.86. The number of carbonyl (C=O) groups excluding carboxylic acids is 1. The smallest absolute Gasteiger partial charge is 0.408 e. The Labute approximate surface area is 148 Å². The van der Waals surface area contributed by atoms with E-state index < -0.39 is 23.0 Å². The van der Waals surface area contributed by atoms with Crippen LogP contribution in [0.15, 0.2) is 48.7 Å². The molecule has 2 N–H and O–H groups in total. The van der Waals surface area contributed by atoms with Crippen LogP contribution >= 0.6 is 0 Å². The van der Waals surface area contributed by atoms with Crippen molar-refractivity contribution in [2.75, 3.05) is 0 Å². The van der Waals surface area contributed by atoms with Gasteiger partial charge in [-0.2, -0.15) is 0 Å². The molecule has 0 saturated heterocycles. The van der Waals surface area contributed by atoms with Gasteiger partial charge in [-0.15, -0.1) is 0 Å². The molecule has 1 aromatic heterocycles. The second kappa shape index (κ2) is 9.11. The number of nitro groups is 1. The molecule has 0 fully saturated rings. The number of carbonyl (C=O) groups is 2. The van der Waals surface area contributed by atoms with Gasteiger partial charge in [-0.05, 0) is 24.5 Å². The zero-order chi connectivity index (χ0) is 18.9. The number of pyridine rings is 1. The van der Waals surface area contributed by atoms with E-state index in [1.165, 1.54) is 12.1 Å². The Morgan fingerprint density at radius 3 is 2.54 bits per heavy atom. The van der Waals surface area contributed by atoms with Gasteiger partial charge < -0.3 is 15.2 Å². The molecule has 26 heavy (non-hydrogen) atoms. The molecule has 9 heteroatoms. The zero-order valence-corrected chi connectivity index (χ0v) is 13.7. The number of amides is 1. The molecule has 0 spiro atoms. The summed E-state index contributed by atoms with van der Waals surface area (Å²) >= 11 is 0. The van der Waals surface area contributed by atoms with Crippen LogP contribution in [0.4, 0.5) is 10.5 Å². The van der Waals surface area contributed by atoms with E-state index in [1.807, 2.05) is 6.07 Å². The van der Waals surface area contributed by atoms with Gasteiger partial charge >= 0.3 is 12.1 Å². The summed E-state index contributed by atoms with van der Waals surface area (Å²) in [7, 11) is 0.